The number of aryl methyl sites for hydroxylation is 1. The zero-order valence-electron chi connectivity index (χ0n) is 16.3. The lowest BCUT2D eigenvalue weighted by Crippen LogP contribution is -2.10. The third-order valence-corrected chi connectivity index (χ3v) is 5.71. The molecule has 0 aliphatic rings. The maximum absolute atomic E-state index is 6.10. The summed E-state index contributed by atoms with van der Waals surface area (Å²) in [5.41, 5.74) is 3.06. The molecule has 27 heavy (non-hydrogen) atoms. The van der Waals surface area contributed by atoms with E-state index in [1.807, 2.05) is 13.1 Å². The molecule has 0 aliphatic carbocycles. The van der Waals surface area contributed by atoms with Crippen molar-refractivity contribution in [1.29, 1.82) is 0 Å². The summed E-state index contributed by atoms with van der Waals surface area (Å²) in [5, 5.41) is 3.03. The van der Waals surface area contributed by atoms with Crippen molar-refractivity contribution in [3.63, 3.8) is 0 Å². The summed E-state index contributed by atoms with van der Waals surface area (Å²) in [7, 11) is 0. The lowest BCUT2D eigenvalue weighted by atomic mass is 10.1. The largest absolute Gasteiger partial charge is 0.491 e. The number of hydrogen-bond acceptors (Lipinski definition) is 4. The molecule has 0 spiro atoms. The Morgan fingerprint density at radius 1 is 0.778 bits per heavy atom. The maximum atomic E-state index is 6.10. The molecule has 4 nitrogen and oxygen atoms in total. The second-order valence-corrected chi connectivity index (χ2v) is 8.70. The van der Waals surface area contributed by atoms with Gasteiger partial charge in [0.15, 0.2) is 0 Å². The molecule has 0 N–H and O–H groups in total. The number of rotatable bonds is 17. The van der Waals surface area contributed by atoms with Crippen LogP contribution in [0.2, 0.25) is 0 Å². The van der Waals surface area contributed by atoms with Crippen LogP contribution < -0.4 is 4.74 Å². The van der Waals surface area contributed by atoms with Crippen LogP contribution in [0.25, 0.3) is 0 Å². The number of pyridine rings is 1. The first kappa shape index (κ1) is 25.3. The highest BCUT2D eigenvalue weighted by Gasteiger charge is 2.15. The van der Waals surface area contributed by atoms with Gasteiger partial charge in [0.2, 0.25) is 0 Å². The standard InChI is InChI=1S/C20H32Br3NO3/c1-17-20(27-13-7-4-10-23)19(16-26-12-6-3-9-22)18(14-24-17)15-25-11-5-2-8-21/h14H,2-13,15-16H2,1H3. The fourth-order valence-corrected chi connectivity index (χ4v) is 3.66. The van der Waals surface area contributed by atoms with Crippen LogP contribution in [0.3, 0.4) is 0 Å². The summed E-state index contributed by atoms with van der Waals surface area (Å²) in [4.78, 5) is 4.53. The Hall–Kier alpha value is 0.310. The van der Waals surface area contributed by atoms with E-state index in [1.54, 1.807) is 0 Å². The molecule has 0 amide bonds. The third-order valence-electron chi connectivity index (χ3n) is 4.03. The molecule has 0 atom stereocenters. The van der Waals surface area contributed by atoms with Crippen LogP contribution in [-0.2, 0) is 22.7 Å². The van der Waals surface area contributed by atoms with Crippen molar-refractivity contribution in [3.05, 3.63) is 23.0 Å². The Bertz CT molecular complexity index is 504. The van der Waals surface area contributed by atoms with E-state index < -0.39 is 0 Å². The number of halogens is 3. The molecule has 0 aliphatic heterocycles. The average molecular weight is 574 g/mol. The van der Waals surface area contributed by atoms with Gasteiger partial charge in [-0.3, -0.25) is 4.98 Å². The molecule has 1 aromatic heterocycles. The summed E-state index contributed by atoms with van der Waals surface area (Å²) < 4.78 is 17.9. The van der Waals surface area contributed by atoms with E-state index in [9.17, 15) is 0 Å². The molecule has 0 aromatic carbocycles. The van der Waals surface area contributed by atoms with E-state index in [0.29, 0.717) is 19.8 Å². The van der Waals surface area contributed by atoms with Crippen LogP contribution in [-0.4, -0.2) is 40.8 Å². The third kappa shape index (κ3) is 11.2. The van der Waals surface area contributed by atoms with Gasteiger partial charge in [-0.15, -0.1) is 0 Å². The maximum Gasteiger partial charge on any atom is 0.146 e. The van der Waals surface area contributed by atoms with E-state index in [1.165, 1.54) is 0 Å². The summed E-state index contributed by atoms with van der Waals surface area (Å²) >= 11 is 10.4. The van der Waals surface area contributed by atoms with Gasteiger partial charge in [0.05, 0.1) is 25.5 Å². The topological polar surface area (TPSA) is 40.6 Å². The van der Waals surface area contributed by atoms with Gasteiger partial charge in [0.25, 0.3) is 0 Å². The fourth-order valence-electron chi connectivity index (χ4n) is 2.47. The van der Waals surface area contributed by atoms with Crippen molar-refractivity contribution >= 4 is 47.8 Å². The molecule has 7 heteroatoms. The summed E-state index contributed by atoms with van der Waals surface area (Å²) in [6.45, 7) is 5.29. The van der Waals surface area contributed by atoms with E-state index in [-0.39, 0.29) is 0 Å². The first-order chi connectivity index (χ1) is 13.2. The predicted octanol–water partition coefficient (Wildman–Crippen LogP) is 6.33. The average Bonchev–Trinajstić information content (AvgIpc) is 2.67. The molecule has 0 saturated heterocycles. The molecule has 0 bridgehead atoms. The van der Waals surface area contributed by atoms with Crippen molar-refractivity contribution in [1.82, 2.24) is 4.98 Å². The Morgan fingerprint density at radius 2 is 1.33 bits per heavy atom. The van der Waals surface area contributed by atoms with Crippen molar-refractivity contribution in [3.8, 4) is 5.75 Å². The normalized spacial score (nSPS) is 11.1. The minimum absolute atomic E-state index is 0.541. The molecule has 0 fully saturated rings. The Labute approximate surface area is 189 Å². The lowest BCUT2D eigenvalue weighted by molar-refractivity contribution is 0.102. The quantitative estimate of drug-likeness (QED) is 0.161. The molecule has 156 valence electrons. The van der Waals surface area contributed by atoms with Crippen molar-refractivity contribution in [2.24, 2.45) is 0 Å². The van der Waals surface area contributed by atoms with Gasteiger partial charge in [-0.2, -0.15) is 0 Å². The number of unbranched alkanes of at least 4 members (excludes halogenated alkanes) is 3. The van der Waals surface area contributed by atoms with Crippen LogP contribution in [0, 0.1) is 6.92 Å². The molecule has 1 aromatic rings. The molecule has 0 saturated carbocycles. The van der Waals surface area contributed by atoms with Gasteiger partial charge in [-0.05, 0) is 45.4 Å². The number of ether oxygens (including phenoxy) is 3. The van der Waals surface area contributed by atoms with E-state index in [2.05, 4.69) is 52.8 Å². The molecule has 0 unspecified atom stereocenters. The minimum Gasteiger partial charge on any atom is -0.491 e. The number of hydrogen-bond donors (Lipinski definition) is 0. The Balaban J connectivity index is 2.75. The monoisotopic (exact) mass is 571 g/mol. The van der Waals surface area contributed by atoms with Gasteiger partial charge in [0, 0.05) is 46.5 Å². The summed E-state index contributed by atoms with van der Waals surface area (Å²) in [6.07, 6.45) is 8.37. The number of nitrogens with zero attached hydrogens (tertiary/aromatic N) is 1. The van der Waals surface area contributed by atoms with E-state index in [4.69, 9.17) is 14.2 Å². The molecular formula is C20H32Br3NO3. The van der Waals surface area contributed by atoms with Crippen LogP contribution in [0.1, 0.15) is 55.3 Å². The lowest BCUT2D eigenvalue weighted by Gasteiger charge is -2.18. The van der Waals surface area contributed by atoms with E-state index >= 15 is 0 Å². The molecule has 1 rings (SSSR count). The molecule has 1 heterocycles. The predicted molar refractivity (Wildman–Crippen MR) is 123 cm³/mol. The summed E-state index contributed by atoms with van der Waals surface area (Å²) in [5.74, 6) is 0.867. The first-order valence-corrected chi connectivity index (χ1v) is 13.0. The van der Waals surface area contributed by atoms with Gasteiger partial charge >= 0.3 is 0 Å². The molecule has 0 radical (unpaired) electrons. The van der Waals surface area contributed by atoms with Crippen LogP contribution in [0.15, 0.2) is 6.20 Å². The second-order valence-electron chi connectivity index (χ2n) is 6.32. The van der Waals surface area contributed by atoms with Crippen LogP contribution in [0.4, 0.5) is 0 Å². The van der Waals surface area contributed by atoms with Gasteiger partial charge in [-0.1, -0.05) is 47.8 Å². The van der Waals surface area contributed by atoms with Crippen LogP contribution >= 0.6 is 47.8 Å². The SMILES string of the molecule is Cc1ncc(COCCCCBr)c(COCCCCBr)c1OCCCCBr. The first-order valence-electron chi connectivity index (χ1n) is 9.68. The van der Waals surface area contributed by atoms with Crippen molar-refractivity contribution < 1.29 is 14.2 Å². The fraction of sp³-hybridized carbons (Fsp3) is 0.750. The van der Waals surface area contributed by atoms with Gasteiger partial charge < -0.3 is 14.2 Å². The minimum atomic E-state index is 0.541. The number of aromatic nitrogens is 1. The van der Waals surface area contributed by atoms with E-state index in [0.717, 1.165) is 90.3 Å². The number of alkyl halides is 3. The summed E-state index contributed by atoms with van der Waals surface area (Å²) in [6, 6.07) is 0. The van der Waals surface area contributed by atoms with Crippen LogP contribution in [0.5, 0.6) is 5.75 Å². The van der Waals surface area contributed by atoms with Gasteiger partial charge in [0.1, 0.15) is 5.75 Å². The van der Waals surface area contributed by atoms with Gasteiger partial charge in [-0.25, -0.2) is 0 Å². The highest BCUT2D eigenvalue weighted by molar-refractivity contribution is 9.09. The van der Waals surface area contributed by atoms with Crippen molar-refractivity contribution in [2.45, 2.75) is 58.7 Å². The zero-order valence-corrected chi connectivity index (χ0v) is 21.0. The van der Waals surface area contributed by atoms with Crippen molar-refractivity contribution in [2.75, 3.05) is 35.8 Å². The highest BCUT2D eigenvalue weighted by Crippen LogP contribution is 2.27. The zero-order chi connectivity index (χ0) is 19.7. The Kier molecular flexibility index (Phi) is 16.1. The smallest absolute Gasteiger partial charge is 0.146 e. The highest BCUT2D eigenvalue weighted by atomic mass is 79.9. The Morgan fingerprint density at radius 3 is 1.93 bits per heavy atom. The second kappa shape index (κ2) is 17.2. The molecular weight excluding hydrogens is 542 g/mol.